The molecular formula is C16H18N4O. The molecule has 2 heterocycles. The first kappa shape index (κ1) is 13.6. The SMILES string of the molecule is Cc1cc(C)c2c(-c3ccccc3)nc(NCCO)n2n1. The number of hydrogen-bond acceptors (Lipinski definition) is 4. The number of hydrogen-bond donors (Lipinski definition) is 2. The first-order valence-corrected chi connectivity index (χ1v) is 6.98. The molecule has 0 aliphatic heterocycles. The predicted octanol–water partition coefficient (Wildman–Crippen LogP) is 2.42. The fraction of sp³-hybridized carbons (Fsp3) is 0.250. The Morgan fingerprint density at radius 1 is 1.19 bits per heavy atom. The van der Waals surface area contributed by atoms with Crippen molar-refractivity contribution in [2.75, 3.05) is 18.5 Å². The number of nitrogens with zero attached hydrogens (tertiary/aromatic N) is 3. The molecular weight excluding hydrogens is 264 g/mol. The van der Waals surface area contributed by atoms with Crippen LogP contribution in [0.3, 0.4) is 0 Å². The highest BCUT2D eigenvalue weighted by Gasteiger charge is 2.15. The summed E-state index contributed by atoms with van der Waals surface area (Å²) in [5.41, 5.74) is 5.02. The van der Waals surface area contributed by atoms with Crippen molar-refractivity contribution < 1.29 is 5.11 Å². The summed E-state index contributed by atoms with van der Waals surface area (Å²) in [6.45, 7) is 4.53. The van der Waals surface area contributed by atoms with Gasteiger partial charge in [0.15, 0.2) is 0 Å². The Balaban J connectivity index is 2.25. The van der Waals surface area contributed by atoms with E-state index in [1.807, 2.05) is 41.8 Å². The third-order valence-corrected chi connectivity index (χ3v) is 3.35. The van der Waals surface area contributed by atoms with Crippen LogP contribution in [0.4, 0.5) is 5.95 Å². The fourth-order valence-corrected chi connectivity index (χ4v) is 2.51. The molecule has 21 heavy (non-hydrogen) atoms. The molecule has 0 fully saturated rings. The van der Waals surface area contributed by atoms with Gasteiger partial charge in [0.2, 0.25) is 5.95 Å². The van der Waals surface area contributed by atoms with Gasteiger partial charge in [-0.05, 0) is 25.5 Å². The Labute approximate surface area is 123 Å². The molecule has 0 spiro atoms. The number of aliphatic hydroxyl groups excluding tert-OH is 1. The zero-order valence-corrected chi connectivity index (χ0v) is 12.2. The van der Waals surface area contributed by atoms with Crippen LogP contribution in [0.15, 0.2) is 36.4 Å². The molecule has 0 radical (unpaired) electrons. The summed E-state index contributed by atoms with van der Waals surface area (Å²) in [5.74, 6) is 0.657. The molecule has 0 atom stereocenters. The molecule has 3 rings (SSSR count). The molecule has 0 bridgehead atoms. The van der Waals surface area contributed by atoms with E-state index < -0.39 is 0 Å². The van der Waals surface area contributed by atoms with Gasteiger partial charge in [-0.3, -0.25) is 0 Å². The van der Waals surface area contributed by atoms with E-state index in [4.69, 9.17) is 5.11 Å². The first-order valence-electron chi connectivity index (χ1n) is 6.98. The van der Waals surface area contributed by atoms with E-state index in [1.54, 1.807) is 0 Å². The number of fused-ring (bicyclic) bond motifs is 1. The van der Waals surface area contributed by atoms with Gasteiger partial charge < -0.3 is 10.4 Å². The summed E-state index contributed by atoms with van der Waals surface area (Å²) < 4.78 is 1.82. The number of benzene rings is 1. The molecule has 0 saturated heterocycles. The molecule has 108 valence electrons. The summed E-state index contributed by atoms with van der Waals surface area (Å²) >= 11 is 0. The van der Waals surface area contributed by atoms with E-state index in [2.05, 4.69) is 28.4 Å². The quantitative estimate of drug-likeness (QED) is 0.771. The van der Waals surface area contributed by atoms with Gasteiger partial charge in [-0.1, -0.05) is 30.3 Å². The number of rotatable bonds is 4. The van der Waals surface area contributed by atoms with E-state index in [1.165, 1.54) is 0 Å². The van der Waals surface area contributed by atoms with Gasteiger partial charge in [0.05, 0.1) is 17.8 Å². The van der Waals surface area contributed by atoms with E-state index in [9.17, 15) is 0 Å². The summed E-state index contributed by atoms with van der Waals surface area (Å²) in [4.78, 5) is 4.68. The van der Waals surface area contributed by atoms with Crippen LogP contribution in [-0.4, -0.2) is 32.9 Å². The Kier molecular flexibility index (Phi) is 3.58. The van der Waals surface area contributed by atoms with Crippen LogP contribution in [0.2, 0.25) is 0 Å². The Hall–Kier alpha value is -2.40. The van der Waals surface area contributed by atoms with Crippen molar-refractivity contribution in [1.82, 2.24) is 14.6 Å². The highest BCUT2D eigenvalue weighted by Crippen LogP contribution is 2.28. The van der Waals surface area contributed by atoms with Crippen molar-refractivity contribution in [2.24, 2.45) is 0 Å². The average Bonchev–Trinajstić information content (AvgIpc) is 2.85. The van der Waals surface area contributed by atoms with Crippen molar-refractivity contribution in [2.45, 2.75) is 13.8 Å². The average molecular weight is 282 g/mol. The molecule has 5 heteroatoms. The molecule has 1 aromatic carbocycles. The molecule has 2 aromatic heterocycles. The van der Waals surface area contributed by atoms with Crippen molar-refractivity contribution in [3.05, 3.63) is 47.7 Å². The lowest BCUT2D eigenvalue weighted by Gasteiger charge is -2.05. The van der Waals surface area contributed by atoms with Crippen molar-refractivity contribution in [1.29, 1.82) is 0 Å². The summed E-state index contributed by atoms with van der Waals surface area (Å²) in [6, 6.07) is 12.1. The van der Waals surface area contributed by atoms with Crippen molar-refractivity contribution >= 4 is 11.5 Å². The number of aromatic nitrogens is 3. The van der Waals surface area contributed by atoms with E-state index in [0.717, 1.165) is 28.0 Å². The lowest BCUT2D eigenvalue weighted by molar-refractivity contribution is 0.310. The largest absolute Gasteiger partial charge is 0.395 e. The van der Waals surface area contributed by atoms with Gasteiger partial charge in [0, 0.05) is 12.1 Å². The molecule has 2 N–H and O–H groups in total. The van der Waals surface area contributed by atoms with Crippen molar-refractivity contribution in [3.63, 3.8) is 0 Å². The highest BCUT2D eigenvalue weighted by atomic mass is 16.3. The number of nitrogens with one attached hydrogen (secondary N) is 1. The van der Waals surface area contributed by atoms with Gasteiger partial charge in [-0.25, -0.2) is 4.98 Å². The molecule has 0 aliphatic carbocycles. The maximum Gasteiger partial charge on any atom is 0.225 e. The van der Waals surface area contributed by atoms with Gasteiger partial charge >= 0.3 is 0 Å². The molecule has 5 nitrogen and oxygen atoms in total. The summed E-state index contributed by atoms with van der Waals surface area (Å²) in [6.07, 6.45) is 0. The Morgan fingerprint density at radius 3 is 2.67 bits per heavy atom. The fourth-order valence-electron chi connectivity index (χ4n) is 2.51. The minimum absolute atomic E-state index is 0.0559. The van der Waals surface area contributed by atoms with Gasteiger partial charge in [-0.2, -0.15) is 9.61 Å². The lowest BCUT2D eigenvalue weighted by atomic mass is 10.1. The predicted molar refractivity (Wildman–Crippen MR) is 83.5 cm³/mol. The third kappa shape index (κ3) is 2.48. The number of anilines is 1. The van der Waals surface area contributed by atoms with Gasteiger partial charge in [0.25, 0.3) is 0 Å². The summed E-state index contributed by atoms with van der Waals surface area (Å²) in [7, 11) is 0. The van der Waals surface area contributed by atoms with Crippen molar-refractivity contribution in [3.8, 4) is 11.3 Å². The number of aryl methyl sites for hydroxylation is 2. The standard InChI is InChI=1S/C16H18N4O/c1-11-10-12(2)19-20-15(11)14(13-6-4-3-5-7-13)18-16(20)17-8-9-21/h3-7,10,21H,8-9H2,1-2H3,(H,17,18). The van der Waals surface area contributed by atoms with Gasteiger partial charge in [-0.15, -0.1) is 0 Å². The zero-order chi connectivity index (χ0) is 14.8. The highest BCUT2D eigenvalue weighted by molar-refractivity contribution is 5.81. The lowest BCUT2D eigenvalue weighted by Crippen LogP contribution is -2.10. The smallest absolute Gasteiger partial charge is 0.225 e. The van der Waals surface area contributed by atoms with Crippen LogP contribution < -0.4 is 5.32 Å². The topological polar surface area (TPSA) is 62.5 Å². The monoisotopic (exact) mass is 282 g/mol. The second-order valence-corrected chi connectivity index (χ2v) is 5.03. The summed E-state index contributed by atoms with van der Waals surface area (Å²) in [5, 5.41) is 16.7. The molecule has 0 aliphatic rings. The first-order chi connectivity index (χ1) is 10.2. The number of aliphatic hydroxyl groups is 1. The second-order valence-electron chi connectivity index (χ2n) is 5.03. The zero-order valence-electron chi connectivity index (χ0n) is 12.2. The minimum atomic E-state index is 0.0559. The molecule has 0 amide bonds. The van der Waals surface area contributed by atoms with E-state index >= 15 is 0 Å². The maximum atomic E-state index is 9.01. The Morgan fingerprint density at radius 2 is 1.95 bits per heavy atom. The third-order valence-electron chi connectivity index (χ3n) is 3.35. The van der Waals surface area contributed by atoms with Crippen LogP contribution >= 0.6 is 0 Å². The van der Waals surface area contributed by atoms with Crippen LogP contribution in [0, 0.1) is 13.8 Å². The minimum Gasteiger partial charge on any atom is -0.395 e. The molecule has 0 saturated carbocycles. The molecule has 3 aromatic rings. The van der Waals surface area contributed by atoms with Crippen LogP contribution in [0.5, 0.6) is 0 Å². The van der Waals surface area contributed by atoms with Crippen LogP contribution in [0.25, 0.3) is 16.8 Å². The Bertz CT molecular complexity index is 765. The normalized spacial score (nSPS) is 11.0. The van der Waals surface area contributed by atoms with Crippen LogP contribution in [0.1, 0.15) is 11.3 Å². The second kappa shape index (κ2) is 5.54. The van der Waals surface area contributed by atoms with E-state index in [0.29, 0.717) is 12.5 Å². The van der Waals surface area contributed by atoms with Crippen LogP contribution in [-0.2, 0) is 0 Å². The maximum absolute atomic E-state index is 9.01. The van der Waals surface area contributed by atoms with E-state index in [-0.39, 0.29) is 6.61 Å². The molecule has 0 unspecified atom stereocenters. The number of imidazole rings is 1. The van der Waals surface area contributed by atoms with Gasteiger partial charge in [0.1, 0.15) is 5.69 Å².